The molecule has 0 aliphatic heterocycles. The van der Waals surface area contributed by atoms with E-state index in [1.165, 1.54) is 110 Å². The fourth-order valence-electron chi connectivity index (χ4n) is 12.8. The van der Waals surface area contributed by atoms with Gasteiger partial charge in [-0.05, 0) is 197 Å². The average molecular weight is 1030 g/mol. The molecular weight excluding hydrogens is 965 g/mol. The van der Waals surface area contributed by atoms with Gasteiger partial charge < -0.3 is 9.80 Å². The first-order valence-corrected chi connectivity index (χ1v) is 28.3. The molecule has 1 atom stereocenters. The standard InChI is InChI=1S/C78H60N2/c1-2-68(55-20-6-3-7-21-55)56-40-43-63(44-41-56)79(64-45-47-67(48-46-64)80(65-26-8-4-9-27-65)66-28-10-5-11-29-66)53-54-36-38-57(39-37-54)77-72-30-14-16-32-74(72)78(75-33-17-15-31-73(75)77)62-25-18-24-60(51-62)69-34-19-35-70-71(69)49-42-61-50-58-22-12-13-23-59(58)52-76(61)70/h3-36,38,40-52,68H,2,37,39,53H2,1H3. The van der Waals surface area contributed by atoms with E-state index in [-0.39, 0.29) is 0 Å². The van der Waals surface area contributed by atoms with Crippen molar-refractivity contribution in [3.8, 4) is 22.3 Å². The van der Waals surface area contributed by atoms with E-state index in [0.717, 1.165) is 48.6 Å². The third-order valence-electron chi connectivity index (χ3n) is 16.7. The van der Waals surface area contributed by atoms with Gasteiger partial charge in [0.25, 0.3) is 0 Å². The molecular formula is C78H60N2. The molecule has 0 fully saturated rings. The Morgan fingerprint density at radius 3 is 1.48 bits per heavy atom. The number of benzene rings is 13. The predicted molar refractivity (Wildman–Crippen MR) is 343 cm³/mol. The number of fused-ring (bicyclic) bond motifs is 6. The summed E-state index contributed by atoms with van der Waals surface area (Å²) in [7, 11) is 0. The minimum atomic E-state index is 0.342. The Bertz CT molecular complexity index is 4370. The number of allylic oxidation sites excluding steroid dienone is 3. The van der Waals surface area contributed by atoms with Gasteiger partial charge >= 0.3 is 0 Å². The van der Waals surface area contributed by atoms with Crippen molar-refractivity contribution in [1.82, 2.24) is 0 Å². The lowest BCUT2D eigenvalue weighted by Gasteiger charge is -2.30. The van der Waals surface area contributed by atoms with Crippen LogP contribution >= 0.6 is 0 Å². The highest BCUT2D eigenvalue weighted by atomic mass is 15.2. The van der Waals surface area contributed by atoms with Crippen LogP contribution in [0.2, 0.25) is 0 Å². The summed E-state index contributed by atoms with van der Waals surface area (Å²) in [5.74, 6) is 0.342. The Morgan fingerprint density at radius 1 is 0.338 bits per heavy atom. The molecule has 0 amide bonds. The van der Waals surface area contributed by atoms with Gasteiger partial charge in [0.05, 0.1) is 0 Å². The third-order valence-corrected chi connectivity index (χ3v) is 16.7. The Labute approximate surface area is 469 Å². The SMILES string of the molecule is CCC(c1ccccc1)c1ccc(N(CC2=CC=C(c3c4ccccc4c(-c4cccc(-c5cccc6c5ccc5cc7ccccc7cc56)c4)c4ccccc34)CC2)c2ccc(N(c3ccccc3)c3ccccc3)cc2)cc1. The minimum Gasteiger partial charge on any atom is -0.337 e. The number of anilines is 5. The van der Waals surface area contributed by atoms with Crippen LogP contribution in [0.25, 0.3) is 81.7 Å². The number of hydrogen-bond donors (Lipinski definition) is 0. The second-order valence-electron chi connectivity index (χ2n) is 21.4. The third kappa shape index (κ3) is 9.09. The van der Waals surface area contributed by atoms with Crippen LogP contribution in [0.15, 0.2) is 297 Å². The van der Waals surface area contributed by atoms with E-state index in [1.54, 1.807) is 0 Å². The Morgan fingerprint density at radius 2 is 0.850 bits per heavy atom. The van der Waals surface area contributed by atoms with E-state index in [9.17, 15) is 0 Å². The smallest absolute Gasteiger partial charge is 0.0463 e. The zero-order valence-electron chi connectivity index (χ0n) is 45.0. The van der Waals surface area contributed by atoms with Crippen molar-refractivity contribution in [2.24, 2.45) is 0 Å². The summed E-state index contributed by atoms with van der Waals surface area (Å²) in [5, 5.41) is 12.8. The molecule has 14 rings (SSSR count). The molecule has 0 saturated heterocycles. The Balaban J connectivity index is 0.824. The Hall–Kier alpha value is -9.76. The Kier molecular flexibility index (Phi) is 12.9. The maximum atomic E-state index is 2.51. The van der Waals surface area contributed by atoms with Gasteiger partial charge in [-0.25, -0.2) is 0 Å². The van der Waals surface area contributed by atoms with Gasteiger partial charge in [-0.2, -0.15) is 0 Å². The van der Waals surface area contributed by atoms with Crippen LogP contribution in [0.4, 0.5) is 28.4 Å². The molecule has 382 valence electrons. The fourth-order valence-corrected chi connectivity index (χ4v) is 12.8. The maximum Gasteiger partial charge on any atom is 0.0463 e. The molecule has 0 bridgehead atoms. The van der Waals surface area contributed by atoms with Gasteiger partial charge in [0.1, 0.15) is 0 Å². The molecule has 2 heteroatoms. The van der Waals surface area contributed by atoms with Crippen LogP contribution in [0.3, 0.4) is 0 Å². The van der Waals surface area contributed by atoms with Gasteiger partial charge in [-0.15, -0.1) is 0 Å². The molecule has 13 aromatic rings. The molecule has 1 aliphatic rings. The van der Waals surface area contributed by atoms with Crippen LogP contribution in [0.1, 0.15) is 48.8 Å². The van der Waals surface area contributed by atoms with E-state index in [4.69, 9.17) is 0 Å². The van der Waals surface area contributed by atoms with E-state index >= 15 is 0 Å². The first kappa shape index (κ1) is 48.6. The van der Waals surface area contributed by atoms with E-state index in [2.05, 4.69) is 308 Å². The molecule has 0 aromatic heterocycles. The molecule has 2 nitrogen and oxygen atoms in total. The lowest BCUT2D eigenvalue weighted by molar-refractivity contribution is 0.777. The van der Waals surface area contributed by atoms with Crippen molar-refractivity contribution in [3.63, 3.8) is 0 Å². The lowest BCUT2D eigenvalue weighted by atomic mass is 9.82. The molecule has 0 spiro atoms. The van der Waals surface area contributed by atoms with E-state index in [1.807, 2.05) is 0 Å². The first-order chi connectivity index (χ1) is 39.6. The number of rotatable bonds is 13. The first-order valence-electron chi connectivity index (χ1n) is 28.3. The number of para-hydroxylation sites is 2. The summed E-state index contributed by atoms with van der Waals surface area (Å²) in [4.78, 5) is 4.84. The van der Waals surface area contributed by atoms with Gasteiger partial charge in [-0.3, -0.25) is 0 Å². The van der Waals surface area contributed by atoms with E-state index < -0.39 is 0 Å². The highest BCUT2D eigenvalue weighted by Crippen LogP contribution is 2.46. The van der Waals surface area contributed by atoms with Crippen LogP contribution in [0, 0.1) is 0 Å². The molecule has 80 heavy (non-hydrogen) atoms. The van der Waals surface area contributed by atoms with Crippen molar-refractivity contribution in [1.29, 1.82) is 0 Å². The molecule has 0 saturated carbocycles. The van der Waals surface area contributed by atoms with Crippen molar-refractivity contribution in [3.05, 3.63) is 313 Å². The topological polar surface area (TPSA) is 6.48 Å². The molecule has 13 aromatic carbocycles. The van der Waals surface area contributed by atoms with Gasteiger partial charge in [-0.1, -0.05) is 225 Å². The van der Waals surface area contributed by atoms with Crippen molar-refractivity contribution < 1.29 is 0 Å². The quantitative estimate of drug-likeness (QED) is 0.0839. The van der Waals surface area contributed by atoms with Crippen LogP contribution in [-0.2, 0) is 0 Å². The van der Waals surface area contributed by atoms with Gasteiger partial charge in [0.2, 0.25) is 0 Å². The average Bonchev–Trinajstić information content (AvgIpc) is 3.68. The van der Waals surface area contributed by atoms with Crippen molar-refractivity contribution >= 4 is 87.9 Å². The summed E-state index contributed by atoms with van der Waals surface area (Å²) in [6.07, 6.45) is 7.79. The monoisotopic (exact) mass is 1020 g/mol. The predicted octanol–water partition coefficient (Wildman–Crippen LogP) is 21.7. The van der Waals surface area contributed by atoms with Crippen LogP contribution < -0.4 is 9.80 Å². The van der Waals surface area contributed by atoms with Crippen LogP contribution in [0.5, 0.6) is 0 Å². The van der Waals surface area contributed by atoms with E-state index in [0.29, 0.717) is 5.92 Å². The normalized spacial score (nSPS) is 12.9. The molecule has 0 N–H and O–H groups in total. The number of hydrogen-bond acceptors (Lipinski definition) is 2. The number of nitrogens with zero attached hydrogens (tertiary/aromatic N) is 2. The summed E-state index contributed by atoms with van der Waals surface area (Å²) >= 11 is 0. The van der Waals surface area contributed by atoms with Crippen molar-refractivity contribution in [2.45, 2.75) is 32.1 Å². The highest BCUT2D eigenvalue weighted by Gasteiger charge is 2.23. The zero-order valence-corrected chi connectivity index (χ0v) is 45.0. The minimum absolute atomic E-state index is 0.342. The highest BCUT2D eigenvalue weighted by molar-refractivity contribution is 6.20. The largest absolute Gasteiger partial charge is 0.337 e. The molecule has 1 unspecified atom stereocenters. The lowest BCUT2D eigenvalue weighted by Crippen LogP contribution is -2.21. The molecule has 1 aliphatic carbocycles. The summed E-state index contributed by atoms with van der Waals surface area (Å²) < 4.78 is 0. The molecule has 0 radical (unpaired) electrons. The molecule has 0 heterocycles. The fraction of sp³-hybridized carbons (Fsp3) is 0.0769. The maximum absolute atomic E-state index is 2.51. The van der Waals surface area contributed by atoms with Gasteiger partial charge in [0.15, 0.2) is 0 Å². The van der Waals surface area contributed by atoms with Gasteiger partial charge in [0, 0.05) is 40.9 Å². The zero-order chi connectivity index (χ0) is 53.4. The van der Waals surface area contributed by atoms with Crippen molar-refractivity contribution in [2.75, 3.05) is 16.3 Å². The summed E-state index contributed by atoms with van der Waals surface area (Å²) in [6.45, 7) is 3.07. The second-order valence-corrected chi connectivity index (χ2v) is 21.4. The second kappa shape index (κ2) is 21.2. The summed E-state index contributed by atoms with van der Waals surface area (Å²) in [6, 6.07) is 103. The summed E-state index contributed by atoms with van der Waals surface area (Å²) in [5.41, 5.74) is 17.5. The van der Waals surface area contributed by atoms with Crippen LogP contribution in [-0.4, -0.2) is 6.54 Å².